The molecule has 1 N–H and O–H groups in total. The van der Waals surface area contributed by atoms with E-state index in [0.717, 1.165) is 11.1 Å². The topological polar surface area (TPSA) is 84.9 Å². The van der Waals surface area contributed by atoms with Crippen molar-refractivity contribution in [3.05, 3.63) is 35.4 Å². The fraction of sp³-hybridized carbons (Fsp3) is 0.571. The summed E-state index contributed by atoms with van der Waals surface area (Å²) in [5.74, 6) is -0.0944. The number of rotatable bonds is 6. The third-order valence-electron chi connectivity index (χ3n) is 4.60. The van der Waals surface area contributed by atoms with Gasteiger partial charge in [-0.3, -0.25) is 4.79 Å². The lowest BCUT2D eigenvalue weighted by Gasteiger charge is -2.37. The van der Waals surface area contributed by atoms with E-state index in [2.05, 4.69) is 5.32 Å². The molecule has 0 saturated heterocycles. The Morgan fingerprint density at radius 2 is 1.90 bits per heavy atom. The highest BCUT2D eigenvalue weighted by Gasteiger charge is 2.38. The quantitative estimate of drug-likeness (QED) is 0.710. The number of esters is 1. The zero-order valence-electron chi connectivity index (χ0n) is 17.7. The van der Waals surface area contributed by atoms with Crippen LogP contribution in [-0.4, -0.2) is 59.7 Å². The molecule has 1 aliphatic rings. The number of methoxy groups -OCH3 is 1. The van der Waals surface area contributed by atoms with Gasteiger partial charge in [0.1, 0.15) is 17.7 Å². The van der Waals surface area contributed by atoms with Gasteiger partial charge in [-0.05, 0) is 50.3 Å². The summed E-state index contributed by atoms with van der Waals surface area (Å²) in [4.78, 5) is 39.6. The first-order valence-electron chi connectivity index (χ1n) is 9.59. The van der Waals surface area contributed by atoms with Crippen molar-refractivity contribution in [1.82, 2.24) is 10.2 Å². The van der Waals surface area contributed by atoms with Crippen molar-refractivity contribution in [2.24, 2.45) is 0 Å². The highest BCUT2D eigenvalue weighted by Crippen LogP contribution is 2.25. The van der Waals surface area contributed by atoms with E-state index in [0.29, 0.717) is 25.1 Å². The Bertz CT molecular complexity index is 747. The number of fused-ring (bicyclic) bond motifs is 1. The van der Waals surface area contributed by atoms with Crippen LogP contribution in [0.2, 0.25) is 0 Å². The van der Waals surface area contributed by atoms with Crippen molar-refractivity contribution in [1.29, 1.82) is 0 Å². The Hall–Kier alpha value is -2.22. The Labute approximate surface area is 176 Å². The summed E-state index contributed by atoms with van der Waals surface area (Å²) in [7, 11) is 1.32. The zero-order chi connectivity index (χ0) is 21.6. The fourth-order valence-corrected chi connectivity index (χ4v) is 3.72. The van der Waals surface area contributed by atoms with E-state index in [1.165, 1.54) is 12.0 Å². The summed E-state index contributed by atoms with van der Waals surface area (Å²) in [6.07, 6.45) is 2.11. The van der Waals surface area contributed by atoms with Gasteiger partial charge < -0.3 is 19.7 Å². The first kappa shape index (κ1) is 23.1. The van der Waals surface area contributed by atoms with E-state index in [4.69, 9.17) is 9.47 Å². The molecule has 0 aromatic heterocycles. The van der Waals surface area contributed by atoms with Crippen LogP contribution >= 0.6 is 11.8 Å². The molecular weight excluding hydrogens is 392 g/mol. The van der Waals surface area contributed by atoms with Gasteiger partial charge in [-0.15, -0.1) is 0 Å². The zero-order valence-corrected chi connectivity index (χ0v) is 18.5. The number of amides is 2. The number of hydrogen-bond donors (Lipinski definition) is 1. The summed E-state index contributed by atoms with van der Waals surface area (Å²) in [6.45, 7) is 5.58. The lowest BCUT2D eigenvalue weighted by atomic mass is 9.93. The van der Waals surface area contributed by atoms with Gasteiger partial charge in [0.05, 0.1) is 7.11 Å². The average molecular weight is 423 g/mol. The van der Waals surface area contributed by atoms with Gasteiger partial charge in [0.15, 0.2) is 0 Å². The number of alkyl carbamates (subject to hydrolysis) is 1. The molecule has 8 heteroatoms. The van der Waals surface area contributed by atoms with Gasteiger partial charge in [-0.2, -0.15) is 11.8 Å². The normalized spacial score (nSPS) is 17.1. The van der Waals surface area contributed by atoms with Gasteiger partial charge >= 0.3 is 12.1 Å². The predicted molar refractivity (Wildman–Crippen MR) is 113 cm³/mol. The fourth-order valence-electron chi connectivity index (χ4n) is 3.24. The molecule has 1 aromatic rings. The maximum atomic E-state index is 13.4. The molecule has 1 heterocycles. The van der Waals surface area contributed by atoms with Gasteiger partial charge in [0.2, 0.25) is 5.91 Å². The Morgan fingerprint density at radius 3 is 2.48 bits per heavy atom. The number of carbonyl (C=O) groups excluding carboxylic acids is 3. The third kappa shape index (κ3) is 6.39. The van der Waals surface area contributed by atoms with Gasteiger partial charge in [-0.1, -0.05) is 24.3 Å². The van der Waals surface area contributed by atoms with Gasteiger partial charge in [0.25, 0.3) is 0 Å². The molecule has 1 aliphatic heterocycles. The number of carbonyl (C=O) groups is 3. The summed E-state index contributed by atoms with van der Waals surface area (Å²) < 4.78 is 10.3. The van der Waals surface area contributed by atoms with E-state index >= 15 is 0 Å². The van der Waals surface area contributed by atoms with Crippen molar-refractivity contribution in [2.45, 2.75) is 57.8 Å². The molecular formula is C21H30N2O5S. The van der Waals surface area contributed by atoms with Gasteiger partial charge in [0, 0.05) is 13.0 Å². The molecule has 0 radical (unpaired) electrons. The minimum absolute atomic E-state index is 0.292. The van der Waals surface area contributed by atoms with Crippen LogP contribution in [0, 0.1) is 0 Å². The number of nitrogens with zero attached hydrogens (tertiary/aromatic N) is 1. The maximum absolute atomic E-state index is 13.4. The average Bonchev–Trinajstić information content (AvgIpc) is 2.67. The second kappa shape index (κ2) is 10.0. The van der Waals surface area contributed by atoms with Crippen molar-refractivity contribution in [3.8, 4) is 0 Å². The van der Waals surface area contributed by atoms with Crippen LogP contribution < -0.4 is 5.32 Å². The highest BCUT2D eigenvalue weighted by atomic mass is 32.2. The molecule has 0 spiro atoms. The van der Waals surface area contributed by atoms with Crippen LogP contribution in [0.4, 0.5) is 4.79 Å². The molecule has 1 aromatic carbocycles. The lowest BCUT2D eigenvalue weighted by molar-refractivity contribution is -0.154. The molecule has 0 bridgehead atoms. The summed E-state index contributed by atoms with van der Waals surface area (Å²) >= 11 is 1.58. The number of benzene rings is 1. The molecule has 0 fully saturated rings. The molecule has 0 saturated carbocycles. The van der Waals surface area contributed by atoms with Crippen LogP contribution in [0.3, 0.4) is 0 Å². The van der Waals surface area contributed by atoms with E-state index in [9.17, 15) is 14.4 Å². The van der Waals surface area contributed by atoms with Crippen LogP contribution in [-0.2, 0) is 32.0 Å². The van der Waals surface area contributed by atoms with Gasteiger partial charge in [-0.25, -0.2) is 9.59 Å². The van der Waals surface area contributed by atoms with Crippen molar-refractivity contribution in [3.63, 3.8) is 0 Å². The third-order valence-corrected chi connectivity index (χ3v) is 5.25. The molecule has 2 amide bonds. The monoisotopic (exact) mass is 422 g/mol. The smallest absolute Gasteiger partial charge is 0.408 e. The van der Waals surface area contributed by atoms with E-state index in [-0.39, 0.29) is 5.91 Å². The first-order chi connectivity index (χ1) is 13.7. The van der Waals surface area contributed by atoms with E-state index in [1.807, 2.05) is 30.5 Å². The van der Waals surface area contributed by atoms with Crippen molar-refractivity contribution in [2.75, 3.05) is 19.1 Å². The molecule has 29 heavy (non-hydrogen) atoms. The Morgan fingerprint density at radius 1 is 1.24 bits per heavy atom. The number of nitrogens with one attached hydrogen (secondary N) is 1. The molecule has 2 atom stereocenters. The molecule has 0 aliphatic carbocycles. The Balaban J connectivity index is 2.26. The SMILES string of the molecule is COC(=O)[C@@H]1Cc2ccccc2CN1C(=O)[C@H](CCSC)NC(=O)OC(C)(C)C. The molecule has 0 unspecified atom stereocenters. The standard InChI is InChI=1S/C21H30N2O5S/c1-21(2,3)28-20(26)22-16(10-11-29-5)18(24)23-13-15-9-7-6-8-14(15)12-17(23)19(25)27-4/h6-9,16-17H,10-13H2,1-5H3,(H,22,26)/t16-,17-/m0/s1. The maximum Gasteiger partial charge on any atom is 0.408 e. The van der Waals surface area contributed by atoms with Crippen LogP contribution in [0.5, 0.6) is 0 Å². The summed E-state index contributed by atoms with van der Waals surface area (Å²) in [5.41, 5.74) is 1.34. The van der Waals surface area contributed by atoms with Crippen molar-refractivity contribution < 1.29 is 23.9 Å². The van der Waals surface area contributed by atoms with E-state index < -0.39 is 29.7 Å². The number of ether oxygens (including phenoxy) is 2. The van der Waals surface area contributed by atoms with Crippen molar-refractivity contribution >= 4 is 29.7 Å². The summed E-state index contributed by atoms with van der Waals surface area (Å²) in [6, 6.07) is 6.22. The first-order valence-corrected chi connectivity index (χ1v) is 11.0. The van der Waals surface area contributed by atoms with E-state index in [1.54, 1.807) is 32.5 Å². The van der Waals surface area contributed by atoms with Crippen LogP contribution in [0.1, 0.15) is 38.3 Å². The second-order valence-electron chi connectivity index (χ2n) is 7.96. The van der Waals surface area contributed by atoms with Crippen LogP contribution in [0.15, 0.2) is 24.3 Å². The largest absolute Gasteiger partial charge is 0.467 e. The number of thioether (sulfide) groups is 1. The Kier molecular flexibility index (Phi) is 7.96. The number of hydrogen-bond acceptors (Lipinski definition) is 6. The minimum atomic E-state index is -0.783. The molecule has 2 rings (SSSR count). The molecule has 7 nitrogen and oxygen atoms in total. The summed E-state index contributed by atoms with van der Waals surface area (Å²) in [5, 5.41) is 2.69. The van der Waals surface area contributed by atoms with Crippen LogP contribution in [0.25, 0.3) is 0 Å². The highest BCUT2D eigenvalue weighted by molar-refractivity contribution is 7.98. The minimum Gasteiger partial charge on any atom is -0.467 e. The lowest BCUT2D eigenvalue weighted by Crippen LogP contribution is -2.56. The predicted octanol–water partition coefficient (Wildman–Crippen LogP) is 2.76. The molecule has 160 valence electrons. The second-order valence-corrected chi connectivity index (χ2v) is 8.94.